The Balaban J connectivity index is 1.49. The summed E-state index contributed by atoms with van der Waals surface area (Å²) >= 11 is 0.719. The number of ether oxygens (including phenoxy) is 1. The summed E-state index contributed by atoms with van der Waals surface area (Å²) in [5.74, 6) is -2.71. The zero-order chi connectivity index (χ0) is 27.9. The predicted molar refractivity (Wildman–Crippen MR) is 136 cm³/mol. The molecule has 0 fully saturated rings. The highest BCUT2D eigenvalue weighted by Crippen LogP contribution is 2.53. The maximum Gasteiger partial charge on any atom is 0.253 e. The van der Waals surface area contributed by atoms with Gasteiger partial charge in [-0.3, -0.25) is 4.99 Å². The van der Waals surface area contributed by atoms with Crippen molar-refractivity contribution in [2.45, 2.75) is 44.1 Å². The molecular weight excluding hydrogens is 540 g/mol. The van der Waals surface area contributed by atoms with Gasteiger partial charge >= 0.3 is 0 Å². The summed E-state index contributed by atoms with van der Waals surface area (Å²) < 4.78 is 67.2. The monoisotopic (exact) mass is 562 g/mol. The van der Waals surface area contributed by atoms with Crippen LogP contribution < -0.4 is 15.8 Å². The van der Waals surface area contributed by atoms with Crippen LogP contribution in [0.25, 0.3) is 11.2 Å². The maximum absolute atomic E-state index is 15.2. The molecule has 4 aromatic rings. The number of nitrogens with two attached hydrogens (primary N) is 1. The van der Waals surface area contributed by atoms with Gasteiger partial charge in [-0.25, -0.2) is 37.5 Å². The number of aliphatic imine (C=N–C) groups is 1. The first-order valence-corrected chi connectivity index (χ1v) is 12.4. The number of nitrogens with zero attached hydrogens (tertiary/aromatic N) is 6. The average Bonchev–Trinajstić information content (AvgIpc) is 3.41. The highest BCUT2D eigenvalue weighted by Gasteiger charge is 2.54. The Hall–Kier alpha value is -4.01. The molecule has 3 atom stereocenters. The molecule has 0 saturated heterocycles. The molecule has 0 aliphatic carbocycles. The van der Waals surface area contributed by atoms with Gasteiger partial charge in [0.2, 0.25) is 11.8 Å². The summed E-state index contributed by atoms with van der Waals surface area (Å²) in [4.78, 5) is 25.1. The average molecular weight is 563 g/mol. The van der Waals surface area contributed by atoms with Gasteiger partial charge < -0.3 is 20.2 Å². The van der Waals surface area contributed by atoms with E-state index in [2.05, 4.69) is 35.2 Å². The fraction of sp³-hybridized carbons (Fsp3) is 0.333. The van der Waals surface area contributed by atoms with Crippen molar-refractivity contribution in [2.75, 3.05) is 5.32 Å². The molecule has 204 valence electrons. The van der Waals surface area contributed by atoms with Gasteiger partial charge in [0.05, 0.1) is 22.7 Å². The van der Waals surface area contributed by atoms with Gasteiger partial charge in [-0.1, -0.05) is 18.7 Å². The maximum atomic E-state index is 15.2. The lowest BCUT2D eigenvalue weighted by molar-refractivity contribution is 0.0571. The van der Waals surface area contributed by atoms with E-state index < -0.39 is 34.3 Å². The summed E-state index contributed by atoms with van der Waals surface area (Å²) in [6.45, 7) is 4.33. The van der Waals surface area contributed by atoms with Crippen LogP contribution in [0.5, 0.6) is 5.88 Å². The summed E-state index contributed by atoms with van der Waals surface area (Å²) in [6, 6.07) is 2.21. The second kappa shape index (κ2) is 9.94. The van der Waals surface area contributed by atoms with Crippen LogP contribution in [0.1, 0.15) is 32.2 Å². The first-order valence-electron chi connectivity index (χ1n) is 11.6. The molecule has 1 aliphatic heterocycles. The predicted octanol–water partition coefficient (Wildman–Crippen LogP) is 4.95. The number of amidine groups is 1. The highest BCUT2D eigenvalue weighted by molar-refractivity contribution is 8.15. The standard InChI is InChI=1S/C24H22F4N8O2S/c1-11-23(2,36-22(29)39-24(11,3)21(27)28)13-6-12(7-14(25)17(13)26)34-19-18-20(33-10-32-19)35-15(8-31-18)38-9-16-30-4-5-37-16/h4-8,10-11,21H,9H2,1-3H3,(H2,29,36)(H,32,33,34,35)/t11-,23-,24-/m0/s1. The number of halogens is 4. The number of rotatable bonds is 7. The fourth-order valence-corrected chi connectivity index (χ4v) is 5.54. The molecule has 1 aliphatic rings. The minimum absolute atomic E-state index is 0.0221. The Morgan fingerprint density at radius 3 is 2.69 bits per heavy atom. The van der Waals surface area contributed by atoms with E-state index in [4.69, 9.17) is 14.9 Å². The first-order chi connectivity index (χ1) is 18.5. The molecule has 1 aromatic carbocycles. The summed E-state index contributed by atoms with van der Waals surface area (Å²) in [7, 11) is 0. The van der Waals surface area contributed by atoms with Crippen molar-refractivity contribution in [3.05, 3.63) is 60.2 Å². The second-order valence-corrected chi connectivity index (χ2v) is 10.7. The molecule has 3 N–H and O–H groups in total. The van der Waals surface area contributed by atoms with Gasteiger partial charge in [0.15, 0.2) is 40.4 Å². The lowest BCUT2D eigenvalue weighted by Crippen LogP contribution is -2.52. The molecule has 15 heteroatoms. The highest BCUT2D eigenvalue weighted by atomic mass is 32.2. The van der Waals surface area contributed by atoms with Crippen LogP contribution >= 0.6 is 11.8 Å². The number of oxazole rings is 1. The molecule has 3 aromatic heterocycles. The van der Waals surface area contributed by atoms with E-state index in [0.29, 0.717) is 5.89 Å². The molecule has 0 amide bonds. The van der Waals surface area contributed by atoms with Crippen LogP contribution in [0.3, 0.4) is 0 Å². The van der Waals surface area contributed by atoms with Crippen molar-refractivity contribution in [1.29, 1.82) is 0 Å². The smallest absolute Gasteiger partial charge is 0.253 e. The molecule has 0 saturated carbocycles. The number of benzene rings is 1. The van der Waals surface area contributed by atoms with Crippen LogP contribution in [0.2, 0.25) is 0 Å². The largest absolute Gasteiger partial charge is 0.467 e. The fourth-order valence-electron chi connectivity index (χ4n) is 4.36. The SMILES string of the molecule is C[C@H]1[C@@](C)(c2cc(Nc3ncnc4nc(OCc5ncco5)cnc34)cc(F)c2F)N=C(N)S[C@]1(C)C(F)F. The van der Waals surface area contributed by atoms with Gasteiger partial charge in [0.1, 0.15) is 12.6 Å². The molecule has 0 radical (unpaired) electrons. The van der Waals surface area contributed by atoms with E-state index in [1.165, 1.54) is 51.8 Å². The number of aromatic nitrogens is 5. The van der Waals surface area contributed by atoms with Crippen molar-refractivity contribution in [2.24, 2.45) is 16.6 Å². The minimum atomic E-state index is -2.80. The number of hydrogen-bond donors (Lipinski definition) is 2. The van der Waals surface area contributed by atoms with Gasteiger partial charge in [0, 0.05) is 23.2 Å². The van der Waals surface area contributed by atoms with E-state index in [1.54, 1.807) is 0 Å². The number of hydrogen-bond acceptors (Lipinski definition) is 11. The van der Waals surface area contributed by atoms with Gasteiger partial charge in [-0.05, 0) is 19.9 Å². The summed E-state index contributed by atoms with van der Waals surface area (Å²) in [6.07, 6.45) is 2.63. The van der Waals surface area contributed by atoms with Gasteiger partial charge in [-0.15, -0.1) is 0 Å². The molecule has 5 rings (SSSR count). The van der Waals surface area contributed by atoms with Crippen molar-refractivity contribution >= 4 is 39.6 Å². The Labute approximate surface area is 223 Å². The van der Waals surface area contributed by atoms with Crippen LogP contribution in [0, 0.1) is 17.6 Å². The Morgan fingerprint density at radius 2 is 1.97 bits per heavy atom. The third-order valence-corrected chi connectivity index (χ3v) is 8.06. The second-order valence-electron chi connectivity index (χ2n) is 9.17. The van der Waals surface area contributed by atoms with Crippen molar-refractivity contribution in [3.63, 3.8) is 0 Å². The van der Waals surface area contributed by atoms with Crippen LogP contribution in [0.4, 0.5) is 29.1 Å². The Kier molecular flexibility index (Phi) is 6.78. The van der Waals surface area contributed by atoms with Gasteiger partial charge in [0.25, 0.3) is 6.43 Å². The minimum Gasteiger partial charge on any atom is -0.467 e. The van der Waals surface area contributed by atoms with E-state index in [0.717, 1.165) is 17.8 Å². The van der Waals surface area contributed by atoms with E-state index in [-0.39, 0.29) is 45.9 Å². The number of nitrogens with one attached hydrogen (secondary N) is 1. The molecule has 0 unspecified atom stereocenters. The lowest BCUT2D eigenvalue weighted by atomic mass is 9.73. The van der Waals surface area contributed by atoms with Gasteiger partial charge in [-0.2, -0.15) is 4.98 Å². The number of alkyl halides is 2. The Bertz CT molecular complexity index is 1560. The molecule has 0 spiro atoms. The van der Waals surface area contributed by atoms with E-state index in [1.807, 2.05) is 0 Å². The van der Waals surface area contributed by atoms with Crippen LogP contribution in [-0.4, -0.2) is 41.3 Å². The molecular formula is C24H22F4N8O2S. The third kappa shape index (κ3) is 4.82. The van der Waals surface area contributed by atoms with E-state index in [9.17, 15) is 13.2 Å². The summed E-state index contributed by atoms with van der Waals surface area (Å²) in [5, 5.41) is 2.75. The summed E-state index contributed by atoms with van der Waals surface area (Å²) in [5.41, 5.74) is 4.52. The van der Waals surface area contributed by atoms with Crippen LogP contribution in [0.15, 0.2) is 46.5 Å². The lowest BCUT2D eigenvalue weighted by Gasteiger charge is -2.46. The Morgan fingerprint density at radius 1 is 1.18 bits per heavy atom. The van der Waals surface area contributed by atoms with Crippen molar-refractivity contribution in [3.8, 4) is 5.88 Å². The molecule has 4 heterocycles. The zero-order valence-electron chi connectivity index (χ0n) is 20.8. The van der Waals surface area contributed by atoms with Crippen molar-refractivity contribution in [1.82, 2.24) is 24.9 Å². The number of fused-ring (bicyclic) bond motifs is 1. The third-order valence-electron chi connectivity index (χ3n) is 6.79. The number of anilines is 2. The van der Waals surface area contributed by atoms with Crippen molar-refractivity contribution < 1.29 is 26.7 Å². The topological polar surface area (TPSA) is 137 Å². The number of thioether (sulfide) groups is 1. The zero-order valence-corrected chi connectivity index (χ0v) is 21.6. The molecule has 10 nitrogen and oxygen atoms in total. The molecule has 39 heavy (non-hydrogen) atoms. The normalized spacial score (nSPS) is 23.2. The quantitative estimate of drug-likeness (QED) is 0.298. The first kappa shape index (κ1) is 26.6. The molecule has 0 bridgehead atoms. The van der Waals surface area contributed by atoms with E-state index >= 15 is 4.39 Å². The van der Waals surface area contributed by atoms with Crippen LogP contribution in [-0.2, 0) is 12.1 Å².